The van der Waals surface area contributed by atoms with E-state index in [9.17, 15) is 9.18 Å². The highest BCUT2D eigenvalue weighted by Gasteiger charge is 2.15. The Bertz CT molecular complexity index is 817. The summed E-state index contributed by atoms with van der Waals surface area (Å²) in [7, 11) is 0. The Morgan fingerprint density at radius 1 is 1.29 bits per heavy atom. The Balaban J connectivity index is 1.62. The number of carbonyl (C=O) groups excluding carboxylic acids is 1. The fourth-order valence-electron chi connectivity index (χ4n) is 2.24. The van der Waals surface area contributed by atoms with Crippen molar-refractivity contribution in [1.29, 1.82) is 0 Å². The number of hydrogen-bond donors (Lipinski definition) is 2. The van der Waals surface area contributed by atoms with E-state index >= 15 is 0 Å². The molecule has 2 heterocycles. The molecule has 24 heavy (non-hydrogen) atoms. The molecule has 0 radical (unpaired) electrons. The van der Waals surface area contributed by atoms with E-state index in [1.807, 2.05) is 13.0 Å². The summed E-state index contributed by atoms with van der Waals surface area (Å²) in [6.45, 7) is 1.82. The highest BCUT2D eigenvalue weighted by atomic mass is 19.1. The van der Waals surface area contributed by atoms with Crippen molar-refractivity contribution in [2.24, 2.45) is 0 Å². The van der Waals surface area contributed by atoms with Crippen LogP contribution in [0.4, 0.5) is 4.39 Å². The summed E-state index contributed by atoms with van der Waals surface area (Å²) in [5.41, 5.74) is 1.54. The van der Waals surface area contributed by atoms with Gasteiger partial charge in [0.15, 0.2) is 5.82 Å². The molecule has 7 heteroatoms. The van der Waals surface area contributed by atoms with Crippen LogP contribution in [0.5, 0.6) is 0 Å². The van der Waals surface area contributed by atoms with Crippen LogP contribution in [-0.2, 0) is 11.2 Å². The second-order valence-corrected chi connectivity index (χ2v) is 5.38. The first-order valence-electron chi connectivity index (χ1n) is 7.48. The van der Waals surface area contributed by atoms with Crippen molar-refractivity contribution in [1.82, 2.24) is 25.5 Å². The van der Waals surface area contributed by atoms with E-state index in [0.717, 1.165) is 11.1 Å². The molecule has 2 aromatic heterocycles. The number of nitrogens with zero attached hydrogens (tertiary/aromatic N) is 3. The summed E-state index contributed by atoms with van der Waals surface area (Å²) in [5.74, 6) is 0.588. The summed E-state index contributed by atoms with van der Waals surface area (Å²) in [5, 5.41) is 9.81. The second kappa shape index (κ2) is 6.99. The van der Waals surface area contributed by atoms with E-state index in [-0.39, 0.29) is 24.2 Å². The van der Waals surface area contributed by atoms with Crippen LogP contribution in [-0.4, -0.2) is 26.1 Å². The summed E-state index contributed by atoms with van der Waals surface area (Å²) in [6.07, 6.45) is 3.52. The Morgan fingerprint density at radius 3 is 2.79 bits per heavy atom. The second-order valence-electron chi connectivity index (χ2n) is 5.38. The summed E-state index contributed by atoms with van der Waals surface area (Å²) in [6, 6.07) is 9.20. The molecule has 3 rings (SSSR count). The highest BCUT2D eigenvalue weighted by Crippen LogP contribution is 2.15. The molecule has 0 saturated heterocycles. The van der Waals surface area contributed by atoms with Crippen molar-refractivity contribution in [3.63, 3.8) is 0 Å². The number of aromatic amines is 1. The minimum atomic E-state index is -0.323. The first-order valence-corrected chi connectivity index (χ1v) is 7.48. The van der Waals surface area contributed by atoms with Gasteiger partial charge in [0.05, 0.1) is 12.5 Å². The molecule has 0 aliphatic rings. The zero-order valence-electron chi connectivity index (χ0n) is 13.0. The summed E-state index contributed by atoms with van der Waals surface area (Å²) < 4.78 is 12.9. The molecular formula is C17H16FN5O. The Kier molecular flexibility index (Phi) is 4.60. The Morgan fingerprint density at radius 2 is 2.08 bits per heavy atom. The number of halogens is 1. The number of rotatable bonds is 5. The normalized spacial score (nSPS) is 11.9. The van der Waals surface area contributed by atoms with Gasteiger partial charge in [-0.3, -0.25) is 14.9 Å². The van der Waals surface area contributed by atoms with Crippen LogP contribution < -0.4 is 5.32 Å². The number of hydrogen-bond acceptors (Lipinski definition) is 4. The van der Waals surface area contributed by atoms with Gasteiger partial charge < -0.3 is 5.32 Å². The minimum absolute atomic E-state index is 0.173. The average molecular weight is 325 g/mol. The SMILES string of the molecule is C[C@@H](NC(=O)Cc1ccc(F)cc1)c1nc(-c2cccnc2)n[nH]1. The number of nitrogens with one attached hydrogen (secondary N) is 2. The predicted molar refractivity (Wildman–Crippen MR) is 86.3 cm³/mol. The van der Waals surface area contributed by atoms with Crippen LogP contribution in [0.15, 0.2) is 48.8 Å². The smallest absolute Gasteiger partial charge is 0.224 e. The van der Waals surface area contributed by atoms with Gasteiger partial charge in [-0.25, -0.2) is 9.37 Å². The number of amides is 1. The van der Waals surface area contributed by atoms with E-state index < -0.39 is 0 Å². The van der Waals surface area contributed by atoms with Gasteiger partial charge in [-0.15, -0.1) is 0 Å². The largest absolute Gasteiger partial charge is 0.346 e. The van der Waals surface area contributed by atoms with Gasteiger partial charge in [-0.05, 0) is 36.8 Å². The van der Waals surface area contributed by atoms with Gasteiger partial charge in [0, 0.05) is 18.0 Å². The number of pyridine rings is 1. The topological polar surface area (TPSA) is 83.6 Å². The summed E-state index contributed by atoms with van der Waals surface area (Å²) in [4.78, 5) is 20.5. The third-order valence-corrected chi connectivity index (χ3v) is 3.49. The van der Waals surface area contributed by atoms with Crippen LogP contribution in [0.25, 0.3) is 11.4 Å². The molecule has 0 fully saturated rings. The number of carbonyl (C=O) groups is 1. The van der Waals surface area contributed by atoms with Gasteiger partial charge in [0.25, 0.3) is 0 Å². The molecule has 3 aromatic rings. The lowest BCUT2D eigenvalue weighted by Gasteiger charge is -2.11. The van der Waals surface area contributed by atoms with E-state index in [4.69, 9.17) is 0 Å². The molecule has 0 saturated carbocycles. The Labute approximate surface area is 138 Å². The minimum Gasteiger partial charge on any atom is -0.346 e. The van der Waals surface area contributed by atoms with Crippen molar-refractivity contribution < 1.29 is 9.18 Å². The standard InChI is InChI=1S/C17H16FN5O/c1-11(20-15(24)9-12-4-6-14(18)7-5-12)16-21-17(23-22-16)13-3-2-8-19-10-13/h2-8,10-11H,9H2,1H3,(H,20,24)(H,21,22,23)/t11-/m1/s1. The molecule has 1 aromatic carbocycles. The zero-order chi connectivity index (χ0) is 16.9. The lowest BCUT2D eigenvalue weighted by Crippen LogP contribution is -2.28. The fraction of sp³-hybridized carbons (Fsp3) is 0.176. The lowest BCUT2D eigenvalue weighted by molar-refractivity contribution is -0.121. The van der Waals surface area contributed by atoms with E-state index in [1.54, 1.807) is 30.6 Å². The molecule has 1 amide bonds. The fourth-order valence-corrected chi connectivity index (χ4v) is 2.24. The van der Waals surface area contributed by atoms with E-state index in [2.05, 4.69) is 25.5 Å². The quantitative estimate of drug-likeness (QED) is 0.754. The zero-order valence-corrected chi connectivity index (χ0v) is 13.0. The van der Waals surface area contributed by atoms with Crippen molar-refractivity contribution in [2.75, 3.05) is 0 Å². The molecule has 0 aliphatic heterocycles. The molecule has 0 aliphatic carbocycles. The number of benzene rings is 1. The molecule has 2 N–H and O–H groups in total. The molecule has 6 nitrogen and oxygen atoms in total. The van der Waals surface area contributed by atoms with E-state index in [0.29, 0.717) is 11.6 Å². The van der Waals surface area contributed by atoms with Crippen LogP contribution in [0.1, 0.15) is 24.4 Å². The number of H-pyrrole nitrogens is 1. The lowest BCUT2D eigenvalue weighted by atomic mass is 10.1. The van der Waals surface area contributed by atoms with Gasteiger partial charge in [0.2, 0.25) is 5.91 Å². The van der Waals surface area contributed by atoms with Gasteiger partial charge in [0.1, 0.15) is 11.6 Å². The molecule has 0 bridgehead atoms. The van der Waals surface area contributed by atoms with Crippen molar-refractivity contribution >= 4 is 5.91 Å². The maximum atomic E-state index is 12.9. The van der Waals surface area contributed by atoms with Crippen molar-refractivity contribution in [3.8, 4) is 11.4 Å². The third kappa shape index (κ3) is 3.81. The summed E-state index contributed by atoms with van der Waals surface area (Å²) >= 11 is 0. The average Bonchev–Trinajstić information content (AvgIpc) is 3.08. The highest BCUT2D eigenvalue weighted by molar-refractivity contribution is 5.78. The molecule has 1 atom stereocenters. The molecule has 0 unspecified atom stereocenters. The van der Waals surface area contributed by atoms with Gasteiger partial charge in [-0.2, -0.15) is 5.10 Å². The molecule has 0 spiro atoms. The first kappa shape index (κ1) is 15.8. The van der Waals surface area contributed by atoms with Gasteiger partial charge in [-0.1, -0.05) is 12.1 Å². The molecular weight excluding hydrogens is 309 g/mol. The maximum absolute atomic E-state index is 12.9. The van der Waals surface area contributed by atoms with Crippen molar-refractivity contribution in [3.05, 3.63) is 66.0 Å². The maximum Gasteiger partial charge on any atom is 0.224 e. The van der Waals surface area contributed by atoms with Crippen LogP contribution in [0.3, 0.4) is 0 Å². The van der Waals surface area contributed by atoms with Crippen molar-refractivity contribution in [2.45, 2.75) is 19.4 Å². The Hall–Kier alpha value is -3.09. The first-order chi connectivity index (χ1) is 11.6. The predicted octanol–water partition coefficient (Wildman–Crippen LogP) is 2.43. The third-order valence-electron chi connectivity index (χ3n) is 3.49. The van der Waals surface area contributed by atoms with E-state index in [1.165, 1.54) is 12.1 Å². The number of aromatic nitrogens is 4. The van der Waals surface area contributed by atoms with Crippen LogP contribution in [0.2, 0.25) is 0 Å². The van der Waals surface area contributed by atoms with Crippen LogP contribution in [0, 0.1) is 5.82 Å². The molecule has 122 valence electrons. The van der Waals surface area contributed by atoms with Crippen LogP contribution >= 0.6 is 0 Å². The van der Waals surface area contributed by atoms with Gasteiger partial charge >= 0.3 is 0 Å². The monoisotopic (exact) mass is 325 g/mol.